The highest BCUT2D eigenvalue weighted by molar-refractivity contribution is 7.92. The van der Waals surface area contributed by atoms with Gasteiger partial charge in [0.1, 0.15) is 11.6 Å². The summed E-state index contributed by atoms with van der Waals surface area (Å²) in [6, 6.07) is 16.9. The first-order valence-corrected chi connectivity index (χ1v) is 9.96. The van der Waals surface area contributed by atoms with Gasteiger partial charge in [-0.3, -0.25) is 4.72 Å². The van der Waals surface area contributed by atoms with Crippen LogP contribution in [0.3, 0.4) is 0 Å². The fraction of sp³-hybridized carbons (Fsp3) is 0.150. The SMILES string of the molecule is CCN(c1ccccc1)c1ccc(NS(=O)(=O)c2ccc(F)c(C)c2)cn1. The summed E-state index contributed by atoms with van der Waals surface area (Å²) in [6.45, 7) is 4.26. The fourth-order valence-corrected chi connectivity index (χ4v) is 3.82. The Morgan fingerprint density at radius 1 is 1.07 bits per heavy atom. The lowest BCUT2D eigenvalue weighted by Gasteiger charge is -2.22. The minimum Gasteiger partial charge on any atom is -0.327 e. The van der Waals surface area contributed by atoms with Crippen molar-refractivity contribution < 1.29 is 12.8 Å². The van der Waals surface area contributed by atoms with E-state index < -0.39 is 15.8 Å². The summed E-state index contributed by atoms with van der Waals surface area (Å²) in [5.41, 5.74) is 1.61. The molecule has 0 aliphatic carbocycles. The topological polar surface area (TPSA) is 62.3 Å². The lowest BCUT2D eigenvalue weighted by molar-refractivity contribution is 0.598. The molecule has 0 aliphatic heterocycles. The van der Waals surface area contributed by atoms with Gasteiger partial charge in [-0.1, -0.05) is 18.2 Å². The lowest BCUT2D eigenvalue weighted by atomic mass is 10.2. The molecule has 3 aromatic rings. The Hall–Kier alpha value is -2.93. The van der Waals surface area contributed by atoms with Crippen LogP contribution < -0.4 is 9.62 Å². The number of nitrogens with one attached hydrogen (secondary N) is 1. The number of para-hydroxylation sites is 1. The van der Waals surface area contributed by atoms with Crippen LogP contribution in [0.2, 0.25) is 0 Å². The first kappa shape index (κ1) is 18.8. The molecule has 0 saturated heterocycles. The van der Waals surface area contributed by atoms with Crippen LogP contribution in [0.5, 0.6) is 0 Å². The number of nitrogens with zero attached hydrogens (tertiary/aromatic N) is 2. The largest absolute Gasteiger partial charge is 0.327 e. The normalized spacial score (nSPS) is 11.2. The summed E-state index contributed by atoms with van der Waals surface area (Å²) in [4.78, 5) is 6.39. The number of anilines is 3. The summed E-state index contributed by atoms with van der Waals surface area (Å²) in [7, 11) is -3.81. The van der Waals surface area contributed by atoms with Gasteiger partial charge in [-0.25, -0.2) is 17.8 Å². The standard InChI is InChI=1S/C20H20FN3O2S/c1-3-24(17-7-5-4-6-8-17)20-12-9-16(14-22-20)23-27(25,26)18-10-11-19(21)15(2)13-18/h4-14,23H,3H2,1-2H3. The highest BCUT2D eigenvalue weighted by atomic mass is 32.2. The highest BCUT2D eigenvalue weighted by Gasteiger charge is 2.16. The van der Waals surface area contributed by atoms with Crippen molar-refractivity contribution in [3.63, 3.8) is 0 Å². The summed E-state index contributed by atoms with van der Waals surface area (Å²) in [6.07, 6.45) is 1.47. The molecule has 1 N–H and O–H groups in total. The maximum atomic E-state index is 13.4. The zero-order valence-electron chi connectivity index (χ0n) is 15.1. The van der Waals surface area contributed by atoms with Gasteiger partial charge < -0.3 is 4.90 Å². The molecule has 0 atom stereocenters. The zero-order chi connectivity index (χ0) is 19.4. The Balaban J connectivity index is 1.82. The molecule has 0 aliphatic rings. The van der Waals surface area contributed by atoms with E-state index in [0.717, 1.165) is 18.3 Å². The van der Waals surface area contributed by atoms with E-state index in [-0.39, 0.29) is 10.5 Å². The number of benzene rings is 2. The maximum Gasteiger partial charge on any atom is 0.261 e. The minimum absolute atomic E-state index is 0.00458. The third kappa shape index (κ3) is 4.25. The van der Waals surface area contributed by atoms with E-state index in [0.29, 0.717) is 11.5 Å². The smallest absolute Gasteiger partial charge is 0.261 e. The number of rotatable bonds is 6. The van der Waals surface area contributed by atoms with Crippen LogP contribution in [0, 0.1) is 12.7 Å². The van der Waals surface area contributed by atoms with Crippen LogP contribution in [-0.4, -0.2) is 19.9 Å². The Kier molecular flexibility index (Phi) is 5.41. The molecule has 0 saturated carbocycles. The second-order valence-corrected chi connectivity index (χ2v) is 7.68. The zero-order valence-corrected chi connectivity index (χ0v) is 15.9. The highest BCUT2D eigenvalue weighted by Crippen LogP contribution is 2.24. The quantitative estimate of drug-likeness (QED) is 0.679. The second kappa shape index (κ2) is 7.75. The van der Waals surface area contributed by atoms with Gasteiger partial charge >= 0.3 is 0 Å². The summed E-state index contributed by atoms with van der Waals surface area (Å²) >= 11 is 0. The van der Waals surface area contributed by atoms with Crippen LogP contribution in [0.15, 0.2) is 71.8 Å². The fourth-order valence-electron chi connectivity index (χ4n) is 2.69. The Bertz CT molecular complexity index is 1020. The first-order chi connectivity index (χ1) is 12.9. The number of aromatic nitrogens is 1. The Labute approximate surface area is 158 Å². The molecule has 0 radical (unpaired) electrons. The Morgan fingerprint density at radius 3 is 2.41 bits per heavy atom. The summed E-state index contributed by atoms with van der Waals surface area (Å²) < 4.78 is 40.8. The molecule has 27 heavy (non-hydrogen) atoms. The van der Waals surface area contributed by atoms with Gasteiger partial charge in [-0.15, -0.1) is 0 Å². The number of hydrogen-bond acceptors (Lipinski definition) is 4. The van der Waals surface area contributed by atoms with E-state index in [1.165, 1.54) is 25.3 Å². The lowest BCUT2D eigenvalue weighted by Crippen LogP contribution is -2.18. The van der Waals surface area contributed by atoms with Gasteiger partial charge in [0.15, 0.2) is 0 Å². The van der Waals surface area contributed by atoms with Gasteiger partial charge in [0, 0.05) is 12.2 Å². The van der Waals surface area contributed by atoms with Crippen molar-refractivity contribution in [1.82, 2.24) is 4.98 Å². The van der Waals surface area contributed by atoms with E-state index >= 15 is 0 Å². The molecule has 1 aromatic heterocycles. The third-order valence-corrected chi connectivity index (χ3v) is 5.48. The predicted octanol–water partition coefficient (Wildman–Crippen LogP) is 4.49. The van der Waals surface area contributed by atoms with Crippen molar-refractivity contribution in [1.29, 1.82) is 0 Å². The Morgan fingerprint density at radius 2 is 1.81 bits per heavy atom. The number of halogens is 1. The molecule has 3 rings (SSSR count). The van der Waals surface area contributed by atoms with Crippen LogP contribution in [0.25, 0.3) is 0 Å². The molecule has 2 aromatic carbocycles. The molecular formula is C20H20FN3O2S. The molecule has 0 amide bonds. The molecule has 0 fully saturated rings. The molecule has 0 spiro atoms. The number of aryl methyl sites for hydroxylation is 1. The van der Waals surface area contributed by atoms with Crippen molar-refractivity contribution in [2.75, 3.05) is 16.2 Å². The van der Waals surface area contributed by atoms with Crippen LogP contribution in [0.4, 0.5) is 21.6 Å². The summed E-state index contributed by atoms with van der Waals surface area (Å²) in [5, 5.41) is 0. The molecule has 1 heterocycles. The van der Waals surface area contributed by atoms with E-state index in [4.69, 9.17) is 0 Å². The molecule has 7 heteroatoms. The molecule has 140 valence electrons. The average Bonchev–Trinajstić information content (AvgIpc) is 2.66. The van der Waals surface area contributed by atoms with E-state index in [2.05, 4.69) is 9.71 Å². The van der Waals surface area contributed by atoms with Gasteiger partial charge in [0.25, 0.3) is 10.0 Å². The maximum absolute atomic E-state index is 13.4. The van der Waals surface area contributed by atoms with Crippen LogP contribution in [0.1, 0.15) is 12.5 Å². The second-order valence-electron chi connectivity index (χ2n) is 6.00. The van der Waals surface area contributed by atoms with E-state index in [9.17, 15) is 12.8 Å². The van der Waals surface area contributed by atoms with Gasteiger partial charge in [0.05, 0.1) is 16.8 Å². The van der Waals surface area contributed by atoms with Gasteiger partial charge in [0.2, 0.25) is 0 Å². The van der Waals surface area contributed by atoms with Crippen molar-refractivity contribution in [2.24, 2.45) is 0 Å². The monoisotopic (exact) mass is 385 g/mol. The van der Waals surface area contributed by atoms with Crippen molar-refractivity contribution >= 4 is 27.2 Å². The van der Waals surface area contributed by atoms with Crippen LogP contribution in [-0.2, 0) is 10.0 Å². The molecule has 5 nitrogen and oxygen atoms in total. The average molecular weight is 385 g/mol. The number of sulfonamides is 1. The van der Waals surface area contributed by atoms with Gasteiger partial charge in [-0.2, -0.15) is 0 Å². The van der Waals surface area contributed by atoms with Crippen LogP contribution >= 0.6 is 0 Å². The number of pyridine rings is 1. The van der Waals surface area contributed by atoms with Gasteiger partial charge in [-0.05, 0) is 61.9 Å². The first-order valence-electron chi connectivity index (χ1n) is 8.48. The minimum atomic E-state index is -3.81. The number of hydrogen-bond donors (Lipinski definition) is 1. The van der Waals surface area contributed by atoms with Crippen molar-refractivity contribution in [3.05, 3.63) is 78.2 Å². The molecule has 0 unspecified atom stereocenters. The molecular weight excluding hydrogens is 365 g/mol. The van der Waals surface area contributed by atoms with E-state index in [1.54, 1.807) is 12.1 Å². The van der Waals surface area contributed by atoms with Crippen molar-refractivity contribution in [2.45, 2.75) is 18.7 Å². The summed E-state index contributed by atoms with van der Waals surface area (Å²) in [5.74, 6) is 0.268. The van der Waals surface area contributed by atoms with E-state index in [1.807, 2.05) is 42.2 Å². The third-order valence-electron chi connectivity index (χ3n) is 4.10. The predicted molar refractivity (Wildman–Crippen MR) is 105 cm³/mol. The molecule has 0 bridgehead atoms. The van der Waals surface area contributed by atoms with Crippen molar-refractivity contribution in [3.8, 4) is 0 Å².